The molecule has 0 aromatic heterocycles. The summed E-state index contributed by atoms with van der Waals surface area (Å²) in [6.07, 6.45) is 0. The summed E-state index contributed by atoms with van der Waals surface area (Å²) in [6.45, 7) is 6.83. The van der Waals surface area contributed by atoms with Crippen molar-refractivity contribution in [1.29, 1.82) is 0 Å². The van der Waals surface area contributed by atoms with Crippen molar-refractivity contribution in [2.75, 3.05) is 24.5 Å². The average molecular weight is 570 g/mol. The molecule has 0 bridgehead atoms. The first kappa shape index (κ1) is 30.6. The second kappa shape index (κ2) is 13.4. The molecule has 3 aromatic rings. The van der Waals surface area contributed by atoms with Crippen LogP contribution in [0.3, 0.4) is 0 Å². The molecular weight excluding hydrogens is 533 g/mol. The number of aryl methyl sites for hydroxylation is 1. The van der Waals surface area contributed by atoms with E-state index in [9.17, 15) is 22.4 Å². The second-order valence-corrected chi connectivity index (χ2v) is 11.8. The smallest absolute Gasteiger partial charge is 0.264 e. The van der Waals surface area contributed by atoms with Gasteiger partial charge >= 0.3 is 0 Å². The van der Waals surface area contributed by atoms with E-state index >= 15 is 0 Å². The summed E-state index contributed by atoms with van der Waals surface area (Å²) >= 11 is 0. The molecule has 0 aliphatic rings. The Hall–Kier alpha value is -3.92. The van der Waals surface area contributed by atoms with Crippen molar-refractivity contribution in [1.82, 2.24) is 10.2 Å². The Morgan fingerprint density at radius 3 is 2.15 bits per heavy atom. The molecule has 0 saturated carbocycles. The van der Waals surface area contributed by atoms with Gasteiger partial charge in [0, 0.05) is 18.7 Å². The number of rotatable bonds is 12. The highest BCUT2D eigenvalue weighted by atomic mass is 32.2. The minimum atomic E-state index is -4.20. The van der Waals surface area contributed by atoms with Crippen molar-refractivity contribution >= 4 is 27.5 Å². The Bertz CT molecular complexity index is 1410. The van der Waals surface area contributed by atoms with Gasteiger partial charge in [-0.3, -0.25) is 13.9 Å². The van der Waals surface area contributed by atoms with E-state index in [1.54, 1.807) is 37.3 Å². The monoisotopic (exact) mass is 569 g/mol. The van der Waals surface area contributed by atoms with Crippen molar-refractivity contribution in [3.8, 4) is 5.75 Å². The number of hydrogen-bond acceptors (Lipinski definition) is 5. The molecule has 2 amide bonds. The average Bonchev–Trinajstić information content (AvgIpc) is 2.94. The Balaban J connectivity index is 2.02. The number of nitrogens with zero attached hydrogens (tertiary/aromatic N) is 2. The van der Waals surface area contributed by atoms with E-state index in [0.717, 1.165) is 9.87 Å². The Morgan fingerprint density at radius 2 is 1.57 bits per heavy atom. The van der Waals surface area contributed by atoms with Gasteiger partial charge in [-0.25, -0.2) is 12.8 Å². The number of methoxy groups -OCH3 is 1. The summed E-state index contributed by atoms with van der Waals surface area (Å²) in [7, 11) is -2.71. The largest absolute Gasteiger partial charge is 0.497 e. The molecule has 0 spiro atoms. The summed E-state index contributed by atoms with van der Waals surface area (Å²) in [5.74, 6) is -0.927. The van der Waals surface area contributed by atoms with Gasteiger partial charge in [-0.05, 0) is 62.2 Å². The molecule has 0 radical (unpaired) electrons. The minimum Gasteiger partial charge on any atom is -0.497 e. The van der Waals surface area contributed by atoms with Crippen LogP contribution in [0.5, 0.6) is 5.75 Å². The first-order valence-electron chi connectivity index (χ1n) is 13.0. The van der Waals surface area contributed by atoms with Crippen molar-refractivity contribution in [2.45, 2.75) is 45.2 Å². The first-order chi connectivity index (χ1) is 18.9. The third-order valence-corrected chi connectivity index (χ3v) is 8.19. The van der Waals surface area contributed by atoms with Crippen LogP contribution in [0.1, 0.15) is 31.9 Å². The molecular formula is C30H36FN3O5S. The number of nitrogens with one attached hydrogen (secondary N) is 1. The number of benzene rings is 3. The maximum absolute atomic E-state index is 14.6. The summed E-state index contributed by atoms with van der Waals surface area (Å²) in [4.78, 5) is 28.1. The van der Waals surface area contributed by atoms with E-state index in [4.69, 9.17) is 4.74 Å². The lowest BCUT2D eigenvalue weighted by molar-refractivity contribution is -0.139. The van der Waals surface area contributed by atoms with Crippen molar-refractivity contribution in [2.24, 2.45) is 5.92 Å². The number of ether oxygens (including phenoxy) is 1. The summed E-state index contributed by atoms with van der Waals surface area (Å²) in [5.41, 5.74) is 1.32. The van der Waals surface area contributed by atoms with Crippen LogP contribution in [-0.2, 0) is 26.2 Å². The topological polar surface area (TPSA) is 96.0 Å². The van der Waals surface area contributed by atoms with Gasteiger partial charge in [-0.15, -0.1) is 0 Å². The van der Waals surface area contributed by atoms with Gasteiger partial charge in [0.05, 0.1) is 17.7 Å². The molecule has 3 rings (SSSR count). The Morgan fingerprint density at radius 1 is 0.950 bits per heavy atom. The normalized spacial score (nSPS) is 12.1. The molecule has 10 heteroatoms. The lowest BCUT2D eigenvalue weighted by atomic mass is 10.1. The van der Waals surface area contributed by atoms with Crippen LogP contribution in [0, 0.1) is 18.7 Å². The number of sulfonamides is 1. The number of carbonyl (C=O) groups is 2. The lowest BCUT2D eigenvalue weighted by Gasteiger charge is -2.32. The van der Waals surface area contributed by atoms with Crippen LogP contribution >= 0.6 is 0 Å². The van der Waals surface area contributed by atoms with Crippen LogP contribution in [0.4, 0.5) is 10.1 Å². The van der Waals surface area contributed by atoms with E-state index in [2.05, 4.69) is 5.32 Å². The molecule has 0 heterocycles. The van der Waals surface area contributed by atoms with Crippen LogP contribution in [0.15, 0.2) is 77.7 Å². The zero-order valence-electron chi connectivity index (χ0n) is 23.4. The van der Waals surface area contributed by atoms with Gasteiger partial charge in [-0.1, -0.05) is 49.7 Å². The minimum absolute atomic E-state index is 0.00472. The molecule has 1 atom stereocenters. The van der Waals surface area contributed by atoms with Crippen LogP contribution in [0.25, 0.3) is 0 Å². The quantitative estimate of drug-likeness (QED) is 0.346. The number of hydrogen-bond donors (Lipinski definition) is 1. The third kappa shape index (κ3) is 7.59. The van der Waals surface area contributed by atoms with E-state index in [1.165, 1.54) is 54.5 Å². The maximum atomic E-state index is 14.6. The van der Waals surface area contributed by atoms with Gasteiger partial charge in [0.15, 0.2) is 0 Å². The zero-order valence-corrected chi connectivity index (χ0v) is 24.2. The molecule has 40 heavy (non-hydrogen) atoms. The zero-order chi connectivity index (χ0) is 29.4. The lowest BCUT2D eigenvalue weighted by Crippen LogP contribution is -2.51. The van der Waals surface area contributed by atoms with Crippen LogP contribution < -0.4 is 14.4 Å². The van der Waals surface area contributed by atoms with Crippen molar-refractivity contribution in [3.63, 3.8) is 0 Å². The predicted octanol–water partition coefficient (Wildman–Crippen LogP) is 4.53. The van der Waals surface area contributed by atoms with Crippen molar-refractivity contribution < 1.29 is 27.1 Å². The maximum Gasteiger partial charge on any atom is 0.264 e. The Kier molecular flexibility index (Phi) is 10.3. The van der Waals surface area contributed by atoms with E-state index in [0.29, 0.717) is 12.3 Å². The number of amides is 2. The molecule has 0 unspecified atom stereocenters. The highest BCUT2D eigenvalue weighted by Gasteiger charge is 2.33. The van der Waals surface area contributed by atoms with Gasteiger partial charge in [0.25, 0.3) is 10.0 Å². The summed E-state index contributed by atoms with van der Waals surface area (Å²) < 4.78 is 48.5. The van der Waals surface area contributed by atoms with Gasteiger partial charge in [0.1, 0.15) is 24.2 Å². The highest BCUT2D eigenvalue weighted by Crippen LogP contribution is 2.27. The van der Waals surface area contributed by atoms with Gasteiger partial charge < -0.3 is 15.0 Å². The summed E-state index contributed by atoms with van der Waals surface area (Å²) in [5, 5.41) is 2.80. The summed E-state index contributed by atoms with van der Waals surface area (Å²) in [6, 6.07) is 17.5. The third-order valence-electron chi connectivity index (χ3n) is 6.40. The van der Waals surface area contributed by atoms with E-state index < -0.39 is 40.2 Å². The predicted molar refractivity (Wildman–Crippen MR) is 153 cm³/mol. The molecule has 8 nitrogen and oxygen atoms in total. The number of carbonyl (C=O) groups excluding carboxylic acids is 2. The highest BCUT2D eigenvalue weighted by molar-refractivity contribution is 7.92. The van der Waals surface area contributed by atoms with E-state index in [1.807, 2.05) is 20.8 Å². The number of halogens is 1. The first-order valence-corrected chi connectivity index (χ1v) is 14.4. The number of anilines is 1. The van der Waals surface area contributed by atoms with E-state index in [-0.39, 0.29) is 28.6 Å². The molecule has 3 aromatic carbocycles. The fraction of sp³-hybridized carbons (Fsp3) is 0.333. The molecule has 1 N–H and O–H groups in total. The molecule has 0 fully saturated rings. The Labute approximate surface area is 235 Å². The fourth-order valence-corrected chi connectivity index (χ4v) is 5.37. The van der Waals surface area contributed by atoms with Gasteiger partial charge in [0.2, 0.25) is 11.8 Å². The SMILES string of the molecule is COc1ccc(N(CC(=O)N(Cc2ccccc2F)[C@@H](C)C(=O)NCC(C)C)S(=O)(=O)c2ccc(C)cc2)cc1. The molecule has 0 aliphatic carbocycles. The van der Waals surface area contributed by atoms with Crippen LogP contribution in [-0.4, -0.2) is 51.4 Å². The standard InChI is InChI=1S/C30H36FN3O5S/c1-21(2)18-32-30(36)23(4)33(19-24-8-6-7-9-28(24)31)29(35)20-34(25-12-14-26(39-5)15-13-25)40(37,38)27-16-10-22(3)11-17-27/h6-17,21,23H,18-20H2,1-5H3,(H,32,36)/t23-/m0/s1. The molecule has 214 valence electrons. The van der Waals surface area contributed by atoms with Gasteiger partial charge in [-0.2, -0.15) is 0 Å². The molecule has 0 saturated heterocycles. The molecule has 0 aliphatic heterocycles. The van der Waals surface area contributed by atoms with Crippen LogP contribution in [0.2, 0.25) is 0 Å². The second-order valence-electron chi connectivity index (χ2n) is 9.95. The van der Waals surface area contributed by atoms with Crippen molar-refractivity contribution in [3.05, 3.63) is 89.7 Å². The fourth-order valence-electron chi connectivity index (χ4n) is 3.96.